The van der Waals surface area contributed by atoms with Crippen LogP contribution in [0.2, 0.25) is 0 Å². The second-order valence-electron chi connectivity index (χ2n) is 1.93. The Hall–Kier alpha value is -0.0200. The molecule has 3 heteroatoms. The molecule has 0 aliphatic rings. The van der Waals surface area contributed by atoms with Crippen molar-refractivity contribution in [2.45, 2.75) is 19.4 Å². The van der Waals surface area contributed by atoms with Crippen LogP contribution in [-0.4, -0.2) is 18.3 Å². The Morgan fingerprint density at radius 3 is 2.78 bits per heavy atom. The molecule has 0 aromatic heterocycles. The van der Waals surface area contributed by atoms with Crippen molar-refractivity contribution >= 4 is 15.9 Å². The van der Waals surface area contributed by atoms with Crippen LogP contribution in [0, 0.1) is 0 Å². The normalized spacial score (nSPS) is 15.3. The fourth-order valence-corrected chi connectivity index (χ4v) is 1.20. The SMILES string of the molecule is CN/C=C(/Br)CC(C)O. The number of hydrogen-bond donors (Lipinski definition) is 2. The number of nitrogens with one attached hydrogen (secondary N) is 1. The van der Waals surface area contributed by atoms with E-state index in [-0.39, 0.29) is 6.10 Å². The zero-order valence-corrected chi connectivity index (χ0v) is 7.27. The van der Waals surface area contributed by atoms with Gasteiger partial charge in [0.05, 0.1) is 6.10 Å². The Kier molecular flexibility index (Phi) is 4.81. The predicted molar refractivity (Wildman–Crippen MR) is 42.4 cm³/mol. The molecule has 0 bridgehead atoms. The Bertz CT molecular complexity index is 101. The number of hydrogen-bond acceptors (Lipinski definition) is 2. The van der Waals surface area contributed by atoms with E-state index in [0.29, 0.717) is 6.42 Å². The lowest BCUT2D eigenvalue weighted by Gasteiger charge is -2.01. The number of rotatable bonds is 3. The summed E-state index contributed by atoms with van der Waals surface area (Å²) in [5.41, 5.74) is 0. The third-order valence-electron chi connectivity index (χ3n) is 0.791. The second-order valence-corrected chi connectivity index (χ2v) is 2.95. The Morgan fingerprint density at radius 2 is 2.44 bits per heavy atom. The van der Waals surface area contributed by atoms with Gasteiger partial charge in [0.2, 0.25) is 0 Å². The first kappa shape index (κ1) is 8.98. The van der Waals surface area contributed by atoms with E-state index in [4.69, 9.17) is 5.11 Å². The molecule has 0 aliphatic carbocycles. The number of aliphatic hydroxyl groups excluding tert-OH is 1. The topological polar surface area (TPSA) is 32.3 Å². The van der Waals surface area contributed by atoms with Gasteiger partial charge in [-0.3, -0.25) is 0 Å². The monoisotopic (exact) mass is 193 g/mol. The zero-order chi connectivity index (χ0) is 7.28. The molecule has 2 nitrogen and oxygen atoms in total. The van der Waals surface area contributed by atoms with E-state index in [2.05, 4.69) is 21.2 Å². The second kappa shape index (κ2) is 4.82. The maximum Gasteiger partial charge on any atom is 0.0558 e. The van der Waals surface area contributed by atoms with Crippen LogP contribution < -0.4 is 5.32 Å². The van der Waals surface area contributed by atoms with Crippen LogP contribution in [0.5, 0.6) is 0 Å². The molecule has 0 spiro atoms. The molecule has 0 saturated carbocycles. The summed E-state index contributed by atoms with van der Waals surface area (Å²) in [5.74, 6) is 0. The molecule has 9 heavy (non-hydrogen) atoms. The Morgan fingerprint density at radius 1 is 1.89 bits per heavy atom. The van der Waals surface area contributed by atoms with Crippen LogP contribution in [0.1, 0.15) is 13.3 Å². The van der Waals surface area contributed by atoms with E-state index in [1.807, 2.05) is 13.2 Å². The van der Waals surface area contributed by atoms with Gasteiger partial charge in [-0.05, 0) is 6.92 Å². The van der Waals surface area contributed by atoms with Crippen LogP contribution in [-0.2, 0) is 0 Å². The summed E-state index contributed by atoms with van der Waals surface area (Å²) in [6.45, 7) is 1.75. The Labute approximate surface area is 64.1 Å². The third-order valence-corrected chi connectivity index (χ3v) is 1.34. The first-order valence-electron chi connectivity index (χ1n) is 2.86. The lowest BCUT2D eigenvalue weighted by Crippen LogP contribution is -2.01. The summed E-state index contributed by atoms with van der Waals surface area (Å²) < 4.78 is 0.986. The molecule has 0 fully saturated rings. The van der Waals surface area contributed by atoms with Crippen molar-refractivity contribution in [1.82, 2.24) is 5.32 Å². The summed E-state index contributed by atoms with van der Waals surface area (Å²) in [4.78, 5) is 0. The average Bonchev–Trinajstić information content (AvgIpc) is 1.63. The lowest BCUT2D eigenvalue weighted by atomic mass is 10.3. The molecular weight excluding hydrogens is 182 g/mol. The first-order valence-corrected chi connectivity index (χ1v) is 3.66. The van der Waals surface area contributed by atoms with E-state index >= 15 is 0 Å². The van der Waals surface area contributed by atoms with Gasteiger partial charge in [0.25, 0.3) is 0 Å². The van der Waals surface area contributed by atoms with E-state index in [1.54, 1.807) is 6.92 Å². The first-order chi connectivity index (χ1) is 4.16. The molecule has 0 aromatic rings. The van der Waals surface area contributed by atoms with Gasteiger partial charge < -0.3 is 10.4 Å². The van der Waals surface area contributed by atoms with Crippen molar-refractivity contribution in [2.75, 3.05) is 7.05 Å². The van der Waals surface area contributed by atoms with Crippen LogP contribution in [0.4, 0.5) is 0 Å². The fraction of sp³-hybridized carbons (Fsp3) is 0.667. The summed E-state index contributed by atoms with van der Waals surface area (Å²) in [6, 6.07) is 0. The Balaban J connectivity index is 3.49. The highest BCUT2D eigenvalue weighted by atomic mass is 79.9. The summed E-state index contributed by atoms with van der Waals surface area (Å²) in [7, 11) is 1.82. The highest BCUT2D eigenvalue weighted by Gasteiger charge is 1.96. The molecule has 0 radical (unpaired) electrons. The third kappa shape index (κ3) is 5.86. The number of halogens is 1. The highest BCUT2D eigenvalue weighted by molar-refractivity contribution is 9.11. The molecule has 1 unspecified atom stereocenters. The molecule has 54 valence electrons. The van der Waals surface area contributed by atoms with Crippen LogP contribution in [0.15, 0.2) is 10.7 Å². The fourth-order valence-electron chi connectivity index (χ4n) is 0.498. The van der Waals surface area contributed by atoms with Gasteiger partial charge >= 0.3 is 0 Å². The maximum absolute atomic E-state index is 8.85. The number of aliphatic hydroxyl groups is 1. The van der Waals surface area contributed by atoms with Crippen LogP contribution in [0.25, 0.3) is 0 Å². The molecule has 0 rings (SSSR count). The van der Waals surface area contributed by atoms with Crippen molar-refractivity contribution in [1.29, 1.82) is 0 Å². The molecule has 1 atom stereocenters. The smallest absolute Gasteiger partial charge is 0.0558 e. The van der Waals surface area contributed by atoms with Gasteiger partial charge in [0, 0.05) is 24.2 Å². The lowest BCUT2D eigenvalue weighted by molar-refractivity contribution is 0.197. The average molecular weight is 194 g/mol. The molecule has 0 saturated heterocycles. The van der Waals surface area contributed by atoms with Gasteiger partial charge in [-0.1, -0.05) is 15.9 Å². The molecular formula is C6H12BrNO. The zero-order valence-electron chi connectivity index (χ0n) is 5.69. The van der Waals surface area contributed by atoms with Crippen LogP contribution >= 0.6 is 15.9 Å². The standard InChI is InChI=1S/C6H12BrNO/c1-5(9)3-6(7)4-8-2/h4-5,8-9H,3H2,1-2H3/b6-4+. The van der Waals surface area contributed by atoms with Gasteiger partial charge in [0.15, 0.2) is 0 Å². The molecule has 0 aliphatic heterocycles. The van der Waals surface area contributed by atoms with Gasteiger partial charge in [-0.25, -0.2) is 0 Å². The van der Waals surface area contributed by atoms with Crippen LogP contribution in [0.3, 0.4) is 0 Å². The van der Waals surface area contributed by atoms with E-state index in [1.165, 1.54) is 0 Å². The summed E-state index contributed by atoms with van der Waals surface area (Å²) in [5, 5.41) is 11.7. The molecule has 2 N–H and O–H groups in total. The summed E-state index contributed by atoms with van der Waals surface area (Å²) in [6.07, 6.45) is 2.21. The van der Waals surface area contributed by atoms with E-state index in [9.17, 15) is 0 Å². The summed E-state index contributed by atoms with van der Waals surface area (Å²) >= 11 is 3.28. The molecule has 0 heterocycles. The highest BCUT2D eigenvalue weighted by Crippen LogP contribution is 2.10. The van der Waals surface area contributed by atoms with Crippen molar-refractivity contribution in [3.8, 4) is 0 Å². The van der Waals surface area contributed by atoms with Gasteiger partial charge in [-0.2, -0.15) is 0 Å². The van der Waals surface area contributed by atoms with E-state index < -0.39 is 0 Å². The van der Waals surface area contributed by atoms with E-state index in [0.717, 1.165) is 4.48 Å². The predicted octanol–water partition coefficient (Wildman–Crippen LogP) is 1.21. The van der Waals surface area contributed by atoms with Gasteiger partial charge in [0.1, 0.15) is 0 Å². The minimum atomic E-state index is -0.274. The van der Waals surface area contributed by atoms with Gasteiger partial charge in [-0.15, -0.1) is 0 Å². The van der Waals surface area contributed by atoms with Crippen molar-refractivity contribution in [3.63, 3.8) is 0 Å². The largest absolute Gasteiger partial charge is 0.393 e. The minimum Gasteiger partial charge on any atom is -0.393 e. The van der Waals surface area contributed by atoms with Crippen molar-refractivity contribution in [2.24, 2.45) is 0 Å². The maximum atomic E-state index is 8.85. The van der Waals surface area contributed by atoms with Crippen molar-refractivity contribution < 1.29 is 5.11 Å². The molecule has 0 aromatic carbocycles. The minimum absolute atomic E-state index is 0.274. The van der Waals surface area contributed by atoms with Crippen molar-refractivity contribution in [3.05, 3.63) is 10.7 Å². The quantitative estimate of drug-likeness (QED) is 0.707. The molecule has 0 amide bonds.